The summed E-state index contributed by atoms with van der Waals surface area (Å²) >= 11 is 10.8. The third kappa shape index (κ3) is 2.73. The van der Waals surface area contributed by atoms with Crippen LogP contribution in [0.5, 0.6) is 0 Å². The molecule has 3 aromatic rings. The van der Waals surface area contributed by atoms with Crippen LogP contribution in [0.3, 0.4) is 0 Å². The van der Waals surface area contributed by atoms with Gasteiger partial charge in [-0.05, 0) is 46.3 Å². The standard InChI is InChI=1S/C13H7BrClFN2S/c14-9-3-2-8(6-10(9)15)17-13-18-11-5-7(16)1-4-12(11)19-13/h1-6H,(H,17,18). The van der Waals surface area contributed by atoms with Gasteiger partial charge in [-0.2, -0.15) is 0 Å². The number of thiazole rings is 1. The molecule has 1 heterocycles. The van der Waals surface area contributed by atoms with Crippen LogP contribution in [0.15, 0.2) is 40.9 Å². The van der Waals surface area contributed by atoms with Gasteiger partial charge in [-0.3, -0.25) is 0 Å². The fourth-order valence-electron chi connectivity index (χ4n) is 1.65. The number of hydrogen-bond donors (Lipinski definition) is 1. The fraction of sp³-hybridized carbons (Fsp3) is 0. The van der Waals surface area contributed by atoms with Gasteiger partial charge in [-0.1, -0.05) is 22.9 Å². The molecule has 0 saturated heterocycles. The number of hydrogen-bond acceptors (Lipinski definition) is 3. The van der Waals surface area contributed by atoms with E-state index in [0.717, 1.165) is 14.9 Å². The van der Waals surface area contributed by atoms with Crippen molar-refractivity contribution in [1.82, 2.24) is 4.98 Å². The SMILES string of the molecule is Fc1ccc2sc(Nc3ccc(Br)c(Cl)c3)nc2c1. The minimum Gasteiger partial charge on any atom is -0.331 e. The van der Waals surface area contributed by atoms with E-state index >= 15 is 0 Å². The van der Waals surface area contributed by atoms with E-state index in [-0.39, 0.29) is 5.82 Å². The minimum absolute atomic E-state index is 0.281. The van der Waals surface area contributed by atoms with Crippen molar-refractivity contribution in [3.8, 4) is 0 Å². The first kappa shape index (κ1) is 12.8. The molecule has 0 unspecified atom stereocenters. The van der Waals surface area contributed by atoms with Crippen LogP contribution in [0.25, 0.3) is 10.2 Å². The summed E-state index contributed by atoms with van der Waals surface area (Å²) in [4.78, 5) is 4.33. The zero-order valence-corrected chi connectivity index (χ0v) is 12.6. The van der Waals surface area contributed by atoms with Crippen LogP contribution in [0.2, 0.25) is 5.02 Å². The molecule has 0 aliphatic rings. The van der Waals surface area contributed by atoms with Crippen LogP contribution in [-0.2, 0) is 0 Å². The highest BCUT2D eigenvalue weighted by atomic mass is 79.9. The first-order valence-corrected chi connectivity index (χ1v) is 7.39. The molecule has 3 rings (SSSR count). The zero-order valence-electron chi connectivity index (χ0n) is 9.45. The van der Waals surface area contributed by atoms with Gasteiger partial charge in [-0.25, -0.2) is 9.37 Å². The van der Waals surface area contributed by atoms with E-state index in [1.54, 1.807) is 12.1 Å². The minimum atomic E-state index is -0.281. The maximum Gasteiger partial charge on any atom is 0.188 e. The molecule has 0 amide bonds. The van der Waals surface area contributed by atoms with E-state index in [1.807, 2.05) is 12.1 Å². The third-order valence-corrected chi connectivity index (χ3v) is 4.70. The molecule has 2 nitrogen and oxygen atoms in total. The molecule has 0 bridgehead atoms. The molecular weight excluding hydrogens is 351 g/mol. The van der Waals surface area contributed by atoms with Crippen molar-refractivity contribution in [3.05, 3.63) is 51.7 Å². The summed E-state index contributed by atoms with van der Waals surface area (Å²) in [5.41, 5.74) is 1.49. The van der Waals surface area contributed by atoms with Gasteiger partial charge < -0.3 is 5.32 Å². The van der Waals surface area contributed by atoms with Crippen molar-refractivity contribution in [2.24, 2.45) is 0 Å². The average molecular weight is 358 g/mol. The lowest BCUT2D eigenvalue weighted by Crippen LogP contribution is -1.88. The summed E-state index contributed by atoms with van der Waals surface area (Å²) in [6.45, 7) is 0. The molecule has 1 aromatic heterocycles. The lowest BCUT2D eigenvalue weighted by Gasteiger charge is -2.03. The Hall–Kier alpha value is -1.17. The first-order valence-electron chi connectivity index (χ1n) is 5.40. The van der Waals surface area contributed by atoms with Crippen molar-refractivity contribution in [2.45, 2.75) is 0 Å². The predicted octanol–water partition coefficient (Wildman–Crippen LogP) is 5.59. The Morgan fingerprint density at radius 1 is 1.21 bits per heavy atom. The topological polar surface area (TPSA) is 24.9 Å². The van der Waals surface area contributed by atoms with Crippen molar-refractivity contribution in [3.63, 3.8) is 0 Å². The van der Waals surface area contributed by atoms with Gasteiger partial charge in [-0.15, -0.1) is 0 Å². The number of nitrogens with one attached hydrogen (secondary N) is 1. The molecule has 0 radical (unpaired) electrons. The first-order chi connectivity index (χ1) is 9.11. The largest absolute Gasteiger partial charge is 0.331 e. The molecular formula is C13H7BrClFN2S. The Morgan fingerprint density at radius 2 is 2.05 bits per heavy atom. The van der Waals surface area contributed by atoms with Crippen LogP contribution in [0.1, 0.15) is 0 Å². The van der Waals surface area contributed by atoms with Gasteiger partial charge in [0.15, 0.2) is 5.13 Å². The zero-order chi connectivity index (χ0) is 13.4. The maximum absolute atomic E-state index is 13.1. The van der Waals surface area contributed by atoms with Crippen LogP contribution in [0.4, 0.5) is 15.2 Å². The Kier molecular flexibility index (Phi) is 3.43. The van der Waals surface area contributed by atoms with Crippen LogP contribution in [-0.4, -0.2) is 4.98 Å². The number of benzene rings is 2. The Balaban J connectivity index is 1.94. The molecule has 0 saturated carbocycles. The Labute approximate surface area is 126 Å². The predicted molar refractivity (Wildman–Crippen MR) is 82.0 cm³/mol. The molecule has 19 heavy (non-hydrogen) atoms. The summed E-state index contributed by atoms with van der Waals surface area (Å²) in [5, 5.41) is 4.49. The Bertz CT molecular complexity index is 759. The molecule has 0 aliphatic heterocycles. The van der Waals surface area contributed by atoms with E-state index in [1.165, 1.54) is 23.5 Å². The van der Waals surface area contributed by atoms with Crippen LogP contribution < -0.4 is 5.32 Å². The summed E-state index contributed by atoms with van der Waals surface area (Å²) in [6.07, 6.45) is 0. The second-order valence-corrected chi connectivity index (χ2v) is 6.18. The molecule has 0 atom stereocenters. The second kappa shape index (κ2) is 5.07. The van der Waals surface area contributed by atoms with E-state index in [2.05, 4.69) is 26.2 Å². The number of rotatable bonds is 2. The normalized spacial score (nSPS) is 10.9. The molecule has 96 valence electrons. The van der Waals surface area contributed by atoms with Crippen molar-refractivity contribution in [2.75, 3.05) is 5.32 Å². The highest BCUT2D eigenvalue weighted by Crippen LogP contribution is 2.31. The van der Waals surface area contributed by atoms with Gasteiger partial charge in [0.25, 0.3) is 0 Å². The van der Waals surface area contributed by atoms with Gasteiger partial charge in [0, 0.05) is 16.2 Å². The highest BCUT2D eigenvalue weighted by molar-refractivity contribution is 9.10. The van der Waals surface area contributed by atoms with Gasteiger partial charge in [0.05, 0.1) is 15.2 Å². The number of fused-ring (bicyclic) bond motifs is 1. The summed E-state index contributed by atoms with van der Waals surface area (Å²) in [5.74, 6) is -0.281. The van der Waals surface area contributed by atoms with E-state index in [4.69, 9.17) is 11.6 Å². The molecule has 2 aromatic carbocycles. The highest BCUT2D eigenvalue weighted by Gasteiger charge is 2.06. The number of halogens is 3. The maximum atomic E-state index is 13.1. The van der Waals surface area contributed by atoms with E-state index < -0.39 is 0 Å². The second-order valence-electron chi connectivity index (χ2n) is 3.88. The van der Waals surface area contributed by atoms with Crippen molar-refractivity contribution >= 4 is 59.9 Å². The van der Waals surface area contributed by atoms with Gasteiger partial charge >= 0.3 is 0 Å². The van der Waals surface area contributed by atoms with Crippen LogP contribution >= 0.6 is 38.9 Å². The molecule has 6 heteroatoms. The fourth-order valence-corrected chi connectivity index (χ4v) is 2.94. The van der Waals surface area contributed by atoms with Crippen molar-refractivity contribution < 1.29 is 4.39 Å². The smallest absolute Gasteiger partial charge is 0.188 e. The van der Waals surface area contributed by atoms with E-state index in [0.29, 0.717) is 15.7 Å². The van der Waals surface area contributed by atoms with Gasteiger partial charge in [0.2, 0.25) is 0 Å². The quantitative estimate of drug-likeness (QED) is 0.646. The number of aromatic nitrogens is 1. The number of nitrogens with zero attached hydrogens (tertiary/aromatic N) is 1. The Morgan fingerprint density at radius 3 is 2.84 bits per heavy atom. The molecule has 1 N–H and O–H groups in total. The number of anilines is 2. The third-order valence-electron chi connectivity index (χ3n) is 2.52. The van der Waals surface area contributed by atoms with Crippen molar-refractivity contribution in [1.29, 1.82) is 0 Å². The molecule has 0 aliphatic carbocycles. The summed E-state index contributed by atoms with van der Waals surface area (Å²) < 4.78 is 14.9. The van der Waals surface area contributed by atoms with Crippen LogP contribution in [0, 0.1) is 5.82 Å². The average Bonchev–Trinajstić information content (AvgIpc) is 2.75. The summed E-state index contributed by atoms with van der Waals surface area (Å²) in [6, 6.07) is 10.1. The lowest BCUT2D eigenvalue weighted by molar-refractivity contribution is 0.629. The molecule has 0 fully saturated rings. The van der Waals surface area contributed by atoms with E-state index in [9.17, 15) is 4.39 Å². The lowest BCUT2D eigenvalue weighted by atomic mass is 10.3. The molecule has 0 spiro atoms. The summed E-state index contributed by atoms with van der Waals surface area (Å²) in [7, 11) is 0. The monoisotopic (exact) mass is 356 g/mol. The van der Waals surface area contributed by atoms with Gasteiger partial charge in [0.1, 0.15) is 5.82 Å².